The van der Waals surface area contributed by atoms with Gasteiger partial charge in [0.25, 0.3) is 15.9 Å². The lowest BCUT2D eigenvalue weighted by molar-refractivity contribution is -0.137. The second kappa shape index (κ2) is 10.8. The minimum Gasteiger partial charge on any atom is -0.271 e. The van der Waals surface area contributed by atoms with Gasteiger partial charge in [0, 0.05) is 4.47 Å². The van der Waals surface area contributed by atoms with Gasteiger partial charge in [-0.05, 0) is 55.0 Å². The van der Waals surface area contributed by atoms with Crippen LogP contribution in [0.2, 0.25) is 5.02 Å². The van der Waals surface area contributed by atoms with E-state index in [1.54, 1.807) is 37.3 Å². The zero-order chi connectivity index (χ0) is 25.8. The van der Waals surface area contributed by atoms with Gasteiger partial charge in [-0.1, -0.05) is 57.9 Å². The first-order chi connectivity index (χ1) is 16.4. The van der Waals surface area contributed by atoms with E-state index in [2.05, 4.69) is 26.5 Å². The Morgan fingerprint density at radius 2 is 1.74 bits per heavy atom. The number of halogens is 5. The Morgan fingerprint density at radius 1 is 1.06 bits per heavy atom. The maximum Gasteiger partial charge on any atom is 0.416 e. The Balaban J connectivity index is 1.99. The molecule has 184 valence electrons. The van der Waals surface area contributed by atoms with Crippen LogP contribution in [0.3, 0.4) is 0 Å². The van der Waals surface area contributed by atoms with Crippen LogP contribution < -0.4 is 9.73 Å². The summed E-state index contributed by atoms with van der Waals surface area (Å²) >= 11 is 9.43. The predicted octanol–water partition coefficient (Wildman–Crippen LogP) is 5.86. The van der Waals surface area contributed by atoms with E-state index in [0.717, 1.165) is 16.6 Å². The summed E-state index contributed by atoms with van der Waals surface area (Å²) in [7, 11) is -4.46. The number of rotatable bonds is 7. The van der Waals surface area contributed by atoms with Crippen molar-refractivity contribution in [2.75, 3.05) is 10.8 Å². The van der Waals surface area contributed by atoms with Crippen molar-refractivity contribution >= 4 is 54.9 Å². The number of carbonyl (C=O) groups is 1. The van der Waals surface area contributed by atoms with E-state index in [4.69, 9.17) is 11.6 Å². The number of amides is 1. The first kappa shape index (κ1) is 26.7. The Bertz CT molecular complexity index is 1370. The molecular formula is C23H18BrClF3N3O3S. The van der Waals surface area contributed by atoms with Gasteiger partial charge in [-0.15, -0.1) is 0 Å². The van der Waals surface area contributed by atoms with Crippen LogP contribution in [0.15, 0.2) is 87.3 Å². The van der Waals surface area contributed by atoms with Gasteiger partial charge in [-0.2, -0.15) is 18.3 Å². The highest BCUT2D eigenvalue weighted by atomic mass is 79.9. The molecule has 0 atom stereocenters. The lowest BCUT2D eigenvalue weighted by Gasteiger charge is -2.25. The zero-order valence-electron chi connectivity index (χ0n) is 18.1. The molecule has 0 aromatic heterocycles. The molecule has 0 saturated heterocycles. The van der Waals surface area contributed by atoms with Crippen LogP contribution in [0.5, 0.6) is 0 Å². The topological polar surface area (TPSA) is 78.8 Å². The number of hydrogen-bond donors (Lipinski definition) is 1. The number of alkyl halides is 3. The van der Waals surface area contributed by atoms with Crippen molar-refractivity contribution in [2.24, 2.45) is 5.10 Å². The van der Waals surface area contributed by atoms with Crippen LogP contribution in [0.25, 0.3) is 0 Å². The summed E-state index contributed by atoms with van der Waals surface area (Å²) in [5, 5.41) is 3.70. The lowest BCUT2D eigenvalue weighted by atomic mass is 10.1. The van der Waals surface area contributed by atoms with E-state index in [0.29, 0.717) is 21.6 Å². The fourth-order valence-corrected chi connectivity index (χ4v) is 5.11. The van der Waals surface area contributed by atoms with Crippen molar-refractivity contribution in [3.05, 3.63) is 93.4 Å². The van der Waals surface area contributed by atoms with Crippen LogP contribution in [-0.2, 0) is 21.0 Å². The highest BCUT2D eigenvalue weighted by Crippen LogP contribution is 2.37. The van der Waals surface area contributed by atoms with Crippen LogP contribution in [0.4, 0.5) is 18.9 Å². The van der Waals surface area contributed by atoms with Gasteiger partial charge in [0.15, 0.2) is 0 Å². The molecule has 0 aliphatic rings. The second-order valence-corrected chi connectivity index (χ2v) is 10.4. The standard InChI is InChI=1S/C23H18BrClF3N3O3S/c1-15(16-6-5-7-18(24)12-16)29-30-22(32)14-31(35(33,34)19-8-3-2-4-9-19)21-13-17(23(26,27)28)10-11-20(21)25/h2-13H,14H2,1H3,(H,30,32)/b29-15+. The Kier molecular flexibility index (Phi) is 8.24. The fourth-order valence-electron chi connectivity index (χ4n) is 2.99. The number of carbonyl (C=O) groups excluding carboxylic acids is 1. The molecule has 0 unspecified atom stereocenters. The molecule has 3 aromatic rings. The molecule has 0 fully saturated rings. The number of anilines is 1. The van der Waals surface area contributed by atoms with Crippen molar-refractivity contribution in [1.29, 1.82) is 0 Å². The third-order valence-corrected chi connectivity index (χ3v) is 7.34. The fraction of sp³-hybridized carbons (Fsp3) is 0.130. The Labute approximate surface area is 213 Å². The molecule has 1 N–H and O–H groups in total. The summed E-state index contributed by atoms with van der Waals surface area (Å²) in [5.41, 5.74) is 1.76. The second-order valence-electron chi connectivity index (χ2n) is 7.23. The number of benzene rings is 3. The molecule has 12 heteroatoms. The number of nitrogens with one attached hydrogen (secondary N) is 1. The predicted molar refractivity (Wildman–Crippen MR) is 132 cm³/mol. The Hall–Kier alpha value is -2.89. The molecule has 0 heterocycles. The molecule has 0 radical (unpaired) electrons. The average molecular weight is 589 g/mol. The Morgan fingerprint density at radius 3 is 2.37 bits per heavy atom. The van der Waals surface area contributed by atoms with Crippen molar-refractivity contribution in [3.63, 3.8) is 0 Å². The zero-order valence-corrected chi connectivity index (χ0v) is 21.2. The van der Waals surface area contributed by atoms with Crippen LogP contribution in [0, 0.1) is 0 Å². The molecule has 35 heavy (non-hydrogen) atoms. The molecule has 0 saturated carbocycles. The van der Waals surface area contributed by atoms with Gasteiger partial charge in [0.1, 0.15) is 6.54 Å². The maximum atomic E-state index is 13.3. The van der Waals surface area contributed by atoms with E-state index >= 15 is 0 Å². The minimum absolute atomic E-state index is 0.227. The van der Waals surface area contributed by atoms with Crippen molar-refractivity contribution in [2.45, 2.75) is 18.0 Å². The summed E-state index contributed by atoms with van der Waals surface area (Å²) in [6, 6.07) is 16.3. The summed E-state index contributed by atoms with van der Waals surface area (Å²) in [6.07, 6.45) is -4.75. The van der Waals surface area contributed by atoms with Crippen LogP contribution >= 0.6 is 27.5 Å². The number of nitrogens with zero attached hydrogens (tertiary/aromatic N) is 2. The molecule has 0 aliphatic heterocycles. The smallest absolute Gasteiger partial charge is 0.271 e. The van der Waals surface area contributed by atoms with E-state index < -0.39 is 39.9 Å². The minimum atomic E-state index is -4.75. The number of hydrogen-bond acceptors (Lipinski definition) is 4. The van der Waals surface area contributed by atoms with Gasteiger partial charge >= 0.3 is 6.18 Å². The van der Waals surface area contributed by atoms with E-state index in [9.17, 15) is 26.4 Å². The van der Waals surface area contributed by atoms with Crippen molar-refractivity contribution in [1.82, 2.24) is 5.43 Å². The summed E-state index contributed by atoms with van der Waals surface area (Å²) in [5.74, 6) is -0.882. The lowest BCUT2D eigenvalue weighted by Crippen LogP contribution is -2.40. The van der Waals surface area contributed by atoms with Gasteiger partial charge in [0.2, 0.25) is 0 Å². The highest BCUT2D eigenvalue weighted by Gasteiger charge is 2.34. The molecule has 3 rings (SSSR count). The van der Waals surface area contributed by atoms with Gasteiger partial charge in [-0.25, -0.2) is 13.8 Å². The largest absolute Gasteiger partial charge is 0.416 e. The third kappa shape index (κ3) is 6.62. The number of hydrazone groups is 1. The molecule has 0 spiro atoms. The van der Waals surface area contributed by atoms with Gasteiger partial charge in [-0.3, -0.25) is 9.10 Å². The summed E-state index contributed by atoms with van der Waals surface area (Å²) in [4.78, 5) is 12.5. The average Bonchev–Trinajstić information content (AvgIpc) is 2.81. The van der Waals surface area contributed by atoms with Gasteiger partial charge in [0.05, 0.1) is 26.9 Å². The first-order valence-corrected chi connectivity index (χ1v) is 12.5. The first-order valence-electron chi connectivity index (χ1n) is 9.93. The molecule has 6 nitrogen and oxygen atoms in total. The molecule has 3 aromatic carbocycles. The monoisotopic (exact) mass is 587 g/mol. The summed E-state index contributed by atoms with van der Waals surface area (Å²) < 4.78 is 68.0. The van der Waals surface area contributed by atoms with E-state index in [-0.39, 0.29) is 9.92 Å². The third-order valence-electron chi connectivity index (χ3n) is 4.75. The molecule has 0 aliphatic carbocycles. The van der Waals surface area contributed by atoms with Crippen LogP contribution in [-0.4, -0.2) is 26.6 Å². The SMILES string of the molecule is C/C(=N\NC(=O)CN(c1cc(C(F)(F)F)ccc1Cl)S(=O)(=O)c1ccccc1)c1cccc(Br)c1. The summed E-state index contributed by atoms with van der Waals surface area (Å²) in [6.45, 7) is 0.762. The highest BCUT2D eigenvalue weighted by molar-refractivity contribution is 9.10. The van der Waals surface area contributed by atoms with Crippen molar-refractivity contribution < 1.29 is 26.4 Å². The van der Waals surface area contributed by atoms with Crippen LogP contribution in [0.1, 0.15) is 18.1 Å². The van der Waals surface area contributed by atoms with Gasteiger partial charge < -0.3 is 0 Å². The van der Waals surface area contributed by atoms with Crippen molar-refractivity contribution in [3.8, 4) is 0 Å². The normalized spacial score (nSPS) is 12.3. The van der Waals surface area contributed by atoms with E-state index in [1.807, 2.05) is 0 Å². The number of sulfonamides is 1. The maximum absolute atomic E-state index is 13.3. The quantitative estimate of drug-likeness (QED) is 0.278. The molecule has 1 amide bonds. The molecular weight excluding hydrogens is 571 g/mol. The van der Waals surface area contributed by atoms with E-state index in [1.165, 1.54) is 24.3 Å². The molecule has 0 bridgehead atoms.